The minimum atomic E-state index is -1.11. The van der Waals surface area contributed by atoms with E-state index < -0.39 is 35.3 Å². The molecule has 35 heavy (non-hydrogen) atoms. The Labute approximate surface area is 203 Å². The standard InChI is InChI=1S/C27H29N3O5/c1-2-21(17-6-4-3-5-7-17)29-14-12-27(35,13-15-29)18-8-9-19-20(16-18)26(34)30(25(19)33)22-10-11-23(31)28-24(22)32/h3-9,16,21-22,35H,2,10-15H2,1H3,(H,28,31,32). The largest absolute Gasteiger partial charge is 0.385 e. The first-order valence-corrected chi connectivity index (χ1v) is 12.2. The fraction of sp³-hybridized carbons (Fsp3) is 0.407. The Balaban J connectivity index is 1.34. The molecule has 0 saturated carbocycles. The predicted molar refractivity (Wildman–Crippen MR) is 127 cm³/mol. The highest BCUT2D eigenvalue weighted by atomic mass is 16.3. The van der Waals surface area contributed by atoms with Crippen LogP contribution in [0.2, 0.25) is 0 Å². The summed E-state index contributed by atoms with van der Waals surface area (Å²) in [6.45, 7) is 3.57. The number of carbonyl (C=O) groups excluding carboxylic acids is 4. The van der Waals surface area contributed by atoms with Gasteiger partial charge in [-0.25, -0.2) is 0 Å². The van der Waals surface area contributed by atoms with Gasteiger partial charge in [0.1, 0.15) is 6.04 Å². The van der Waals surface area contributed by atoms with Crippen LogP contribution in [-0.2, 0) is 15.2 Å². The second-order valence-corrected chi connectivity index (χ2v) is 9.61. The predicted octanol–water partition coefficient (Wildman–Crippen LogP) is 2.52. The van der Waals surface area contributed by atoms with E-state index in [-0.39, 0.29) is 30.0 Å². The third kappa shape index (κ3) is 4.06. The summed E-state index contributed by atoms with van der Waals surface area (Å²) in [6.07, 6.45) is 2.17. The molecule has 0 spiro atoms. The maximum absolute atomic E-state index is 13.2. The number of imide groups is 2. The van der Waals surface area contributed by atoms with Crippen molar-refractivity contribution < 1.29 is 24.3 Å². The number of nitrogens with zero attached hydrogens (tertiary/aromatic N) is 2. The van der Waals surface area contributed by atoms with E-state index in [9.17, 15) is 24.3 Å². The third-order valence-electron chi connectivity index (χ3n) is 7.61. The maximum Gasteiger partial charge on any atom is 0.262 e. The quantitative estimate of drug-likeness (QED) is 0.644. The average Bonchev–Trinajstić information content (AvgIpc) is 3.11. The Bertz CT molecular complexity index is 1190. The van der Waals surface area contributed by atoms with Crippen LogP contribution in [0.4, 0.5) is 0 Å². The Morgan fingerprint density at radius 1 is 1.00 bits per heavy atom. The second-order valence-electron chi connectivity index (χ2n) is 9.61. The Kier molecular flexibility index (Phi) is 6.02. The number of amides is 4. The zero-order chi connectivity index (χ0) is 24.7. The van der Waals surface area contributed by atoms with Crippen LogP contribution < -0.4 is 5.32 Å². The maximum atomic E-state index is 13.2. The minimum absolute atomic E-state index is 0.0764. The van der Waals surface area contributed by atoms with Crippen molar-refractivity contribution in [2.24, 2.45) is 0 Å². The van der Waals surface area contributed by atoms with Crippen LogP contribution >= 0.6 is 0 Å². The van der Waals surface area contributed by atoms with Crippen LogP contribution in [0.15, 0.2) is 48.5 Å². The summed E-state index contributed by atoms with van der Waals surface area (Å²) in [5.41, 5.74) is 1.18. The van der Waals surface area contributed by atoms with Gasteiger partial charge in [0, 0.05) is 25.6 Å². The van der Waals surface area contributed by atoms with Gasteiger partial charge in [0.2, 0.25) is 11.8 Å². The summed E-state index contributed by atoms with van der Waals surface area (Å²) >= 11 is 0. The number of carbonyl (C=O) groups is 4. The van der Waals surface area contributed by atoms with Crippen molar-refractivity contribution in [3.63, 3.8) is 0 Å². The summed E-state index contributed by atoms with van der Waals surface area (Å²) in [4.78, 5) is 53.2. The first-order chi connectivity index (χ1) is 16.8. The highest BCUT2D eigenvalue weighted by molar-refractivity contribution is 6.23. The number of likely N-dealkylation sites (tertiary alicyclic amines) is 1. The number of hydrogen-bond donors (Lipinski definition) is 2. The highest BCUT2D eigenvalue weighted by Crippen LogP contribution is 2.39. The van der Waals surface area contributed by atoms with E-state index in [1.54, 1.807) is 18.2 Å². The lowest BCUT2D eigenvalue weighted by Crippen LogP contribution is -2.54. The van der Waals surface area contributed by atoms with Crippen LogP contribution in [0.1, 0.15) is 76.9 Å². The normalized spacial score (nSPS) is 23.3. The van der Waals surface area contributed by atoms with Gasteiger partial charge < -0.3 is 5.11 Å². The lowest BCUT2D eigenvalue weighted by molar-refractivity contribution is -0.136. The van der Waals surface area contributed by atoms with Gasteiger partial charge >= 0.3 is 0 Å². The average molecular weight is 476 g/mol. The van der Waals surface area contributed by atoms with Crippen LogP contribution in [-0.4, -0.2) is 57.7 Å². The van der Waals surface area contributed by atoms with Gasteiger partial charge in [0.05, 0.1) is 16.7 Å². The lowest BCUT2D eigenvalue weighted by atomic mass is 9.82. The van der Waals surface area contributed by atoms with Gasteiger partial charge in [-0.2, -0.15) is 0 Å². The number of benzene rings is 2. The van der Waals surface area contributed by atoms with E-state index in [0.717, 1.165) is 11.3 Å². The number of nitrogens with one attached hydrogen (secondary N) is 1. The molecule has 0 bridgehead atoms. The third-order valence-corrected chi connectivity index (χ3v) is 7.61. The number of fused-ring (bicyclic) bond motifs is 1. The second kappa shape index (κ2) is 9.02. The Morgan fingerprint density at radius 2 is 1.69 bits per heavy atom. The van der Waals surface area contributed by atoms with Crippen LogP contribution in [0.3, 0.4) is 0 Å². The van der Waals surface area contributed by atoms with Crippen molar-refractivity contribution in [2.75, 3.05) is 13.1 Å². The topological polar surface area (TPSA) is 107 Å². The molecule has 5 rings (SSSR count). The van der Waals surface area contributed by atoms with E-state index in [2.05, 4.69) is 29.3 Å². The summed E-state index contributed by atoms with van der Waals surface area (Å²) in [5.74, 6) is -2.14. The number of rotatable bonds is 5. The molecule has 3 aliphatic rings. The molecule has 3 aliphatic heterocycles. The molecule has 0 radical (unpaired) electrons. The minimum Gasteiger partial charge on any atom is -0.385 e. The van der Waals surface area contributed by atoms with Crippen molar-refractivity contribution in [3.05, 3.63) is 70.8 Å². The summed E-state index contributed by atoms with van der Waals surface area (Å²) < 4.78 is 0. The fourth-order valence-electron chi connectivity index (χ4n) is 5.63. The van der Waals surface area contributed by atoms with Crippen molar-refractivity contribution in [1.29, 1.82) is 0 Å². The van der Waals surface area contributed by atoms with Crippen molar-refractivity contribution in [3.8, 4) is 0 Å². The van der Waals surface area contributed by atoms with E-state index in [0.29, 0.717) is 31.5 Å². The number of piperidine rings is 2. The Hall–Kier alpha value is -3.36. The van der Waals surface area contributed by atoms with Gasteiger partial charge in [-0.15, -0.1) is 0 Å². The summed E-state index contributed by atoms with van der Waals surface area (Å²) in [5, 5.41) is 13.7. The SMILES string of the molecule is CCC(c1ccccc1)N1CCC(O)(c2ccc3c(c2)C(=O)N(C2CCC(=O)NC2=O)C3=O)CC1. The van der Waals surface area contributed by atoms with Crippen LogP contribution in [0, 0.1) is 0 Å². The molecule has 8 heteroatoms. The molecular weight excluding hydrogens is 446 g/mol. The molecule has 2 aromatic rings. The van der Waals surface area contributed by atoms with Crippen LogP contribution in [0.5, 0.6) is 0 Å². The molecule has 2 aromatic carbocycles. The monoisotopic (exact) mass is 475 g/mol. The molecule has 2 atom stereocenters. The molecule has 8 nitrogen and oxygen atoms in total. The number of aliphatic hydroxyl groups is 1. The van der Waals surface area contributed by atoms with Gasteiger partial charge in [0.15, 0.2) is 0 Å². The van der Waals surface area contributed by atoms with E-state index in [1.807, 2.05) is 18.2 Å². The first kappa shape index (κ1) is 23.4. The van der Waals surface area contributed by atoms with Gasteiger partial charge in [-0.3, -0.25) is 34.3 Å². The Morgan fingerprint density at radius 3 is 2.34 bits per heavy atom. The zero-order valence-corrected chi connectivity index (χ0v) is 19.7. The molecular formula is C27H29N3O5. The van der Waals surface area contributed by atoms with Gasteiger partial charge in [-0.05, 0) is 48.9 Å². The highest BCUT2D eigenvalue weighted by Gasteiger charge is 2.45. The molecule has 4 amide bonds. The molecule has 2 unspecified atom stereocenters. The molecule has 2 N–H and O–H groups in total. The molecule has 0 aromatic heterocycles. The zero-order valence-electron chi connectivity index (χ0n) is 19.7. The summed E-state index contributed by atoms with van der Waals surface area (Å²) in [6, 6.07) is 14.5. The van der Waals surface area contributed by atoms with Gasteiger partial charge in [-0.1, -0.05) is 43.3 Å². The fourth-order valence-corrected chi connectivity index (χ4v) is 5.63. The number of hydrogen-bond acceptors (Lipinski definition) is 6. The first-order valence-electron chi connectivity index (χ1n) is 12.2. The van der Waals surface area contributed by atoms with Gasteiger partial charge in [0.25, 0.3) is 11.8 Å². The van der Waals surface area contributed by atoms with Crippen molar-refractivity contribution in [1.82, 2.24) is 15.1 Å². The smallest absolute Gasteiger partial charge is 0.262 e. The molecule has 2 saturated heterocycles. The molecule has 182 valence electrons. The van der Waals surface area contributed by atoms with E-state index in [1.165, 1.54) is 5.56 Å². The summed E-state index contributed by atoms with van der Waals surface area (Å²) in [7, 11) is 0. The van der Waals surface area contributed by atoms with E-state index in [4.69, 9.17) is 0 Å². The van der Waals surface area contributed by atoms with Crippen molar-refractivity contribution in [2.45, 2.75) is 56.7 Å². The van der Waals surface area contributed by atoms with E-state index >= 15 is 0 Å². The van der Waals surface area contributed by atoms with Crippen molar-refractivity contribution >= 4 is 23.6 Å². The molecule has 3 heterocycles. The molecule has 0 aliphatic carbocycles. The molecule has 2 fully saturated rings. The lowest BCUT2D eigenvalue weighted by Gasteiger charge is -2.42. The van der Waals surface area contributed by atoms with Crippen LogP contribution in [0.25, 0.3) is 0 Å².